The van der Waals surface area contributed by atoms with Gasteiger partial charge in [0.2, 0.25) is 0 Å². The van der Waals surface area contributed by atoms with E-state index in [1.807, 2.05) is 71.6 Å². The van der Waals surface area contributed by atoms with E-state index in [1.165, 1.54) is 0 Å². The van der Waals surface area contributed by atoms with Gasteiger partial charge in [-0.05, 0) is 23.3 Å². The number of hydrogen-bond donors (Lipinski definition) is 3. The Morgan fingerprint density at radius 1 is 0.615 bits per heavy atom. The molecule has 3 rings (SSSR count). The van der Waals surface area contributed by atoms with Crippen LogP contribution < -0.4 is 4.90 Å². The maximum atomic E-state index is 10.6. The van der Waals surface area contributed by atoms with Gasteiger partial charge in [-0.2, -0.15) is 0 Å². The van der Waals surface area contributed by atoms with E-state index >= 15 is 0 Å². The number of hydrogen-bond acceptors (Lipinski definition) is 4. The van der Waals surface area contributed by atoms with Gasteiger partial charge in [0.25, 0.3) is 0 Å². The van der Waals surface area contributed by atoms with Crippen molar-refractivity contribution in [1.29, 1.82) is 0 Å². The molecule has 0 heterocycles. The zero-order valence-corrected chi connectivity index (χ0v) is 14.4. The molecule has 2 atom stereocenters. The Kier molecular flexibility index (Phi) is 5.89. The Labute approximate surface area is 153 Å². The van der Waals surface area contributed by atoms with Crippen molar-refractivity contribution >= 4 is 5.69 Å². The van der Waals surface area contributed by atoms with E-state index in [0.717, 1.165) is 11.1 Å². The first kappa shape index (κ1) is 18.0. The van der Waals surface area contributed by atoms with Crippen molar-refractivity contribution in [2.45, 2.75) is 12.2 Å². The Hall–Kier alpha value is -2.82. The largest absolute Gasteiger partial charge is 0.506 e. The van der Waals surface area contributed by atoms with Crippen LogP contribution in [-0.4, -0.2) is 28.4 Å². The van der Waals surface area contributed by atoms with Gasteiger partial charge in [0.15, 0.2) is 0 Å². The van der Waals surface area contributed by atoms with Crippen molar-refractivity contribution in [2.24, 2.45) is 0 Å². The molecule has 0 amide bonds. The van der Waals surface area contributed by atoms with Crippen molar-refractivity contribution in [1.82, 2.24) is 0 Å². The van der Waals surface area contributed by atoms with Crippen LogP contribution >= 0.6 is 0 Å². The summed E-state index contributed by atoms with van der Waals surface area (Å²) in [6.45, 7) is 0.511. The molecule has 4 nitrogen and oxygen atoms in total. The maximum Gasteiger partial charge on any atom is 0.138 e. The average Bonchev–Trinajstić information content (AvgIpc) is 2.69. The summed E-state index contributed by atoms with van der Waals surface area (Å²) in [5, 5.41) is 31.5. The fourth-order valence-corrected chi connectivity index (χ4v) is 2.98. The van der Waals surface area contributed by atoms with Gasteiger partial charge in [-0.3, -0.25) is 0 Å². The van der Waals surface area contributed by atoms with Crippen molar-refractivity contribution in [3.63, 3.8) is 0 Å². The predicted octanol–water partition coefficient (Wildman–Crippen LogP) is 3.67. The highest BCUT2D eigenvalue weighted by Gasteiger charge is 2.20. The number of nitrogens with zero attached hydrogens (tertiary/aromatic N) is 1. The Balaban J connectivity index is 1.83. The van der Waals surface area contributed by atoms with E-state index < -0.39 is 12.2 Å². The number of para-hydroxylation sites is 2. The highest BCUT2D eigenvalue weighted by molar-refractivity contribution is 5.58. The van der Waals surface area contributed by atoms with Gasteiger partial charge in [-0.1, -0.05) is 72.8 Å². The van der Waals surface area contributed by atoms with Gasteiger partial charge in [-0.15, -0.1) is 0 Å². The molecule has 0 aliphatic heterocycles. The second-order valence-electron chi connectivity index (χ2n) is 6.25. The summed E-state index contributed by atoms with van der Waals surface area (Å²) in [6, 6.07) is 25.7. The van der Waals surface area contributed by atoms with E-state index in [-0.39, 0.29) is 18.8 Å². The van der Waals surface area contributed by atoms with Crippen LogP contribution in [-0.2, 0) is 0 Å². The van der Waals surface area contributed by atoms with Crippen molar-refractivity contribution in [3.8, 4) is 5.75 Å². The van der Waals surface area contributed by atoms with E-state index in [1.54, 1.807) is 18.2 Å². The highest BCUT2D eigenvalue weighted by atomic mass is 16.3. The Morgan fingerprint density at radius 3 is 1.50 bits per heavy atom. The smallest absolute Gasteiger partial charge is 0.138 e. The molecule has 0 spiro atoms. The number of benzene rings is 3. The van der Waals surface area contributed by atoms with Gasteiger partial charge >= 0.3 is 0 Å². The summed E-state index contributed by atoms with van der Waals surface area (Å²) < 4.78 is 0. The molecule has 0 aromatic heterocycles. The van der Waals surface area contributed by atoms with Gasteiger partial charge in [0.1, 0.15) is 5.75 Å². The predicted molar refractivity (Wildman–Crippen MR) is 103 cm³/mol. The topological polar surface area (TPSA) is 63.9 Å². The minimum atomic E-state index is -0.737. The van der Waals surface area contributed by atoms with Gasteiger partial charge in [0.05, 0.1) is 17.9 Å². The van der Waals surface area contributed by atoms with Crippen LogP contribution in [0.2, 0.25) is 0 Å². The lowest BCUT2D eigenvalue weighted by Gasteiger charge is -2.30. The molecular weight excluding hydrogens is 326 g/mol. The highest BCUT2D eigenvalue weighted by Crippen LogP contribution is 2.30. The molecule has 134 valence electrons. The number of aliphatic hydroxyl groups excluding tert-OH is 2. The second kappa shape index (κ2) is 8.52. The zero-order chi connectivity index (χ0) is 18.4. The van der Waals surface area contributed by atoms with E-state index in [2.05, 4.69) is 0 Å². The molecule has 0 radical (unpaired) electrons. The molecule has 4 heteroatoms. The van der Waals surface area contributed by atoms with Crippen LogP contribution in [0, 0.1) is 0 Å². The summed E-state index contributed by atoms with van der Waals surface area (Å²) in [5.41, 5.74) is 2.17. The van der Waals surface area contributed by atoms with Crippen LogP contribution in [0.15, 0.2) is 84.9 Å². The number of phenolic OH excluding ortho intramolecular Hbond substituents is 1. The van der Waals surface area contributed by atoms with Crippen LogP contribution in [0.3, 0.4) is 0 Å². The molecule has 0 fully saturated rings. The van der Waals surface area contributed by atoms with Crippen LogP contribution in [0.5, 0.6) is 5.75 Å². The molecule has 0 saturated heterocycles. The van der Waals surface area contributed by atoms with Gasteiger partial charge < -0.3 is 20.2 Å². The summed E-state index contributed by atoms with van der Waals surface area (Å²) in [5.74, 6) is 0.119. The number of rotatable bonds is 7. The molecule has 0 aliphatic rings. The van der Waals surface area contributed by atoms with Gasteiger partial charge in [0, 0.05) is 13.1 Å². The summed E-state index contributed by atoms with van der Waals surface area (Å²) >= 11 is 0. The third-order valence-corrected chi connectivity index (χ3v) is 4.38. The second-order valence-corrected chi connectivity index (χ2v) is 6.25. The molecule has 0 saturated carbocycles. The minimum absolute atomic E-state index is 0.119. The molecule has 0 bridgehead atoms. The third-order valence-electron chi connectivity index (χ3n) is 4.38. The minimum Gasteiger partial charge on any atom is -0.506 e. The van der Waals surface area contributed by atoms with Crippen LogP contribution in [0.4, 0.5) is 5.69 Å². The monoisotopic (exact) mass is 349 g/mol. The average molecular weight is 349 g/mol. The zero-order valence-electron chi connectivity index (χ0n) is 14.4. The molecular formula is C22H23NO3. The number of aliphatic hydroxyl groups is 2. The van der Waals surface area contributed by atoms with E-state index in [0.29, 0.717) is 5.69 Å². The molecule has 0 aliphatic carbocycles. The first-order chi connectivity index (χ1) is 12.6. The molecule has 3 aromatic rings. The Morgan fingerprint density at radius 2 is 1.04 bits per heavy atom. The number of aromatic hydroxyl groups is 1. The van der Waals surface area contributed by atoms with E-state index in [9.17, 15) is 15.3 Å². The van der Waals surface area contributed by atoms with Crippen LogP contribution in [0.1, 0.15) is 23.3 Å². The lowest BCUT2D eigenvalue weighted by atomic mass is 10.1. The standard InChI is InChI=1S/C22H23NO3/c24-20-14-8-7-13-19(20)23(15-21(25)17-9-3-1-4-10-17)16-22(26)18-11-5-2-6-12-18/h1-14,21-22,24-26H,15-16H2. The molecule has 2 unspecified atom stereocenters. The van der Waals surface area contributed by atoms with Crippen molar-refractivity contribution < 1.29 is 15.3 Å². The summed E-state index contributed by atoms with van der Waals surface area (Å²) in [6.07, 6.45) is -1.47. The molecule has 3 N–H and O–H groups in total. The maximum absolute atomic E-state index is 10.6. The lowest BCUT2D eigenvalue weighted by molar-refractivity contribution is 0.160. The van der Waals surface area contributed by atoms with Crippen molar-refractivity contribution in [2.75, 3.05) is 18.0 Å². The fourth-order valence-electron chi connectivity index (χ4n) is 2.98. The first-order valence-corrected chi connectivity index (χ1v) is 8.64. The fraction of sp³-hybridized carbons (Fsp3) is 0.182. The summed E-state index contributed by atoms with van der Waals surface area (Å²) in [7, 11) is 0. The quantitative estimate of drug-likeness (QED) is 0.609. The summed E-state index contributed by atoms with van der Waals surface area (Å²) in [4.78, 5) is 1.81. The lowest BCUT2D eigenvalue weighted by Crippen LogP contribution is -2.32. The van der Waals surface area contributed by atoms with E-state index in [4.69, 9.17) is 0 Å². The van der Waals surface area contributed by atoms with Gasteiger partial charge in [-0.25, -0.2) is 0 Å². The van der Waals surface area contributed by atoms with Crippen molar-refractivity contribution in [3.05, 3.63) is 96.1 Å². The van der Waals surface area contributed by atoms with Crippen LogP contribution in [0.25, 0.3) is 0 Å². The SMILES string of the molecule is Oc1ccccc1N(CC(O)c1ccccc1)CC(O)c1ccccc1. The molecule has 3 aromatic carbocycles. The normalized spacial score (nSPS) is 13.2. The molecule has 26 heavy (non-hydrogen) atoms. The number of phenols is 1. The Bertz CT molecular complexity index is 760. The number of anilines is 1. The third kappa shape index (κ3) is 4.42. The first-order valence-electron chi connectivity index (χ1n) is 8.64.